The molecule has 2 aromatic rings. The molecule has 0 aromatic carbocycles. The largest absolute Gasteiger partial charge is 0.434 e. The fourth-order valence-electron chi connectivity index (χ4n) is 2.98. The van der Waals surface area contributed by atoms with Crippen LogP contribution in [0, 0.1) is 5.92 Å². The molecule has 2 amide bonds. The lowest BCUT2D eigenvalue weighted by Crippen LogP contribution is -2.37. The zero-order valence-electron chi connectivity index (χ0n) is 13.9. The molecule has 0 saturated carbocycles. The van der Waals surface area contributed by atoms with Crippen molar-refractivity contribution in [1.29, 1.82) is 0 Å². The molecular weight excluding hydrogens is 337 g/mol. The summed E-state index contributed by atoms with van der Waals surface area (Å²) in [5.41, 5.74) is -0.263. The molecule has 2 aromatic heterocycles. The topological polar surface area (TPSA) is 68.0 Å². The molecule has 0 saturated heterocycles. The van der Waals surface area contributed by atoms with Crippen molar-refractivity contribution in [1.82, 2.24) is 24.2 Å². The number of nitrogens with one attached hydrogen (secondary N) is 1. The Hall–Kier alpha value is -2.52. The molecule has 0 aliphatic carbocycles. The van der Waals surface area contributed by atoms with Crippen LogP contribution in [0.25, 0.3) is 0 Å². The minimum Gasteiger partial charge on any atom is -0.334 e. The first-order valence-corrected chi connectivity index (χ1v) is 7.86. The number of fused-ring (bicyclic) bond motifs is 1. The highest BCUT2D eigenvalue weighted by Gasteiger charge is 2.36. The van der Waals surface area contributed by atoms with E-state index in [2.05, 4.69) is 15.4 Å². The summed E-state index contributed by atoms with van der Waals surface area (Å²) in [4.78, 5) is 17.4. The number of nitrogens with zero attached hydrogens (tertiary/aromatic N) is 5. The van der Waals surface area contributed by atoms with Gasteiger partial charge in [-0.15, -0.1) is 0 Å². The lowest BCUT2D eigenvalue weighted by molar-refractivity contribution is -0.141. The van der Waals surface area contributed by atoms with Crippen molar-refractivity contribution in [3.05, 3.63) is 30.1 Å². The number of carbonyl (C=O) groups is 1. The number of rotatable bonds is 3. The summed E-state index contributed by atoms with van der Waals surface area (Å²) in [5, 5.41) is 6.70. The van der Waals surface area contributed by atoms with E-state index in [-0.39, 0.29) is 11.9 Å². The number of amides is 2. The number of halogens is 3. The third kappa shape index (κ3) is 3.94. The fourth-order valence-corrected chi connectivity index (χ4v) is 2.98. The van der Waals surface area contributed by atoms with Crippen molar-refractivity contribution >= 4 is 11.7 Å². The third-order valence-corrected chi connectivity index (χ3v) is 4.22. The summed E-state index contributed by atoms with van der Waals surface area (Å²) >= 11 is 0. The summed E-state index contributed by atoms with van der Waals surface area (Å²) in [7, 11) is 3.41. The van der Waals surface area contributed by atoms with E-state index in [1.165, 1.54) is 4.90 Å². The predicted molar refractivity (Wildman–Crippen MR) is 83.9 cm³/mol. The number of aromatic nitrogens is 4. The van der Waals surface area contributed by atoms with Crippen LogP contribution in [-0.2, 0) is 26.2 Å². The summed E-state index contributed by atoms with van der Waals surface area (Å²) < 4.78 is 41.4. The van der Waals surface area contributed by atoms with Gasteiger partial charge in [-0.1, -0.05) is 0 Å². The van der Waals surface area contributed by atoms with E-state index >= 15 is 0 Å². The van der Waals surface area contributed by atoms with Gasteiger partial charge >= 0.3 is 12.2 Å². The van der Waals surface area contributed by atoms with Crippen molar-refractivity contribution < 1.29 is 18.0 Å². The van der Waals surface area contributed by atoms with Crippen LogP contribution in [0.5, 0.6) is 0 Å². The number of hydrogen-bond donors (Lipinski definition) is 1. The predicted octanol–water partition coefficient (Wildman–Crippen LogP) is 2.36. The minimum absolute atomic E-state index is 0.0763. The van der Waals surface area contributed by atoms with Crippen molar-refractivity contribution in [3.63, 3.8) is 0 Å². The van der Waals surface area contributed by atoms with Crippen LogP contribution < -0.4 is 5.32 Å². The summed E-state index contributed by atoms with van der Waals surface area (Å²) in [6.45, 7) is 0.869. The van der Waals surface area contributed by atoms with Gasteiger partial charge in [0.05, 0.1) is 11.9 Å². The summed E-state index contributed by atoms with van der Waals surface area (Å²) in [5.74, 6) is 0.526. The average Bonchev–Trinajstić information content (AvgIpc) is 3.12. The van der Waals surface area contributed by atoms with Gasteiger partial charge in [-0.05, 0) is 12.3 Å². The highest BCUT2D eigenvalue weighted by molar-refractivity contribution is 5.88. The highest BCUT2D eigenvalue weighted by atomic mass is 19.4. The molecule has 10 heteroatoms. The molecule has 3 rings (SSSR count). The van der Waals surface area contributed by atoms with Crippen LogP contribution >= 0.6 is 0 Å². The van der Waals surface area contributed by atoms with Gasteiger partial charge in [0.1, 0.15) is 5.82 Å². The van der Waals surface area contributed by atoms with Crippen LogP contribution in [0.4, 0.5) is 23.7 Å². The molecule has 0 spiro atoms. The Bertz CT molecular complexity index is 766. The Balaban J connectivity index is 1.58. The maximum atomic E-state index is 12.8. The molecule has 136 valence electrons. The standard InChI is InChI=1S/C15H19F3N6O/c1-22(14(25)20-11-5-19-23(2)8-11)6-10-3-4-13-21-12(15(16,17)18)9-24(13)7-10/h5,8-10H,3-4,6-7H2,1-2H3,(H,20,25)/t10-/m0/s1. The molecule has 1 atom stereocenters. The molecular formula is C15H19F3N6O. The molecule has 0 unspecified atom stereocenters. The second-order valence-corrected chi connectivity index (χ2v) is 6.31. The lowest BCUT2D eigenvalue weighted by Gasteiger charge is -2.28. The van der Waals surface area contributed by atoms with E-state index in [0.717, 1.165) is 6.20 Å². The number of alkyl halides is 3. The van der Waals surface area contributed by atoms with Gasteiger partial charge < -0.3 is 14.8 Å². The van der Waals surface area contributed by atoms with Crippen LogP contribution in [0.3, 0.4) is 0 Å². The normalized spacial score (nSPS) is 17.2. The van der Waals surface area contributed by atoms with Gasteiger partial charge in [-0.25, -0.2) is 9.78 Å². The van der Waals surface area contributed by atoms with Crippen LogP contribution in [0.15, 0.2) is 18.6 Å². The number of aryl methyl sites for hydroxylation is 2. The molecule has 3 heterocycles. The van der Waals surface area contributed by atoms with Crippen molar-refractivity contribution in [2.45, 2.75) is 25.6 Å². The Morgan fingerprint density at radius 3 is 2.84 bits per heavy atom. The number of urea groups is 1. The Kier molecular flexibility index (Phi) is 4.44. The second kappa shape index (κ2) is 6.41. The van der Waals surface area contributed by atoms with Gasteiger partial charge in [-0.2, -0.15) is 18.3 Å². The average molecular weight is 356 g/mol. The highest BCUT2D eigenvalue weighted by Crippen LogP contribution is 2.30. The first-order valence-electron chi connectivity index (χ1n) is 7.86. The van der Waals surface area contributed by atoms with Gasteiger partial charge in [-0.3, -0.25) is 4.68 Å². The molecule has 0 radical (unpaired) electrons. The first-order chi connectivity index (χ1) is 11.7. The monoisotopic (exact) mass is 356 g/mol. The van der Waals surface area contributed by atoms with Crippen LogP contribution in [0.2, 0.25) is 0 Å². The van der Waals surface area contributed by atoms with E-state index in [1.54, 1.807) is 35.7 Å². The quantitative estimate of drug-likeness (QED) is 0.918. The zero-order chi connectivity index (χ0) is 18.2. The van der Waals surface area contributed by atoms with Crippen LogP contribution in [0.1, 0.15) is 17.9 Å². The minimum atomic E-state index is -4.43. The van der Waals surface area contributed by atoms with Crippen molar-refractivity contribution in [2.75, 3.05) is 18.9 Å². The van der Waals surface area contributed by atoms with Gasteiger partial charge in [0.2, 0.25) is 0 Å². The Morgan fingerprint density at radius 1 is 1.44 bits per heavy atom. The van der Waals surface area contributed by atoms with E-state index < -0.39 is 11.9 Å². The van der Waals surface area contributed by atoms with E-state index in [9.17, 15) is 18.0 Å². The number of carbonyl (C=O) groups excluding carboxylic acids is 1. The van der Waals surface area contributed by atoms with E-state index in [0.29, 0.717) is 37.4 Å². The number of hydrogen-bond acceptors (Lipinski definition) is 3. The lowest BCUT2D eigenvalue weighted by atomic mass is 9.99. The smallest absolute Gasteiger partial charge is 0.334 e. The van der Waals surface area contributed by atoms with Gasteiger partial charge in [0.25, 0.3) is 0 Å². The number of anilines is 1. The van der Waals surface area contributed by atoms with Gasteiger partial charge in [0.15, 0.2) is 5.69 Å². The van der Waals surface area contributed by atoms with Crippen molar-refractivity contribution in [3.8, 4) is 0 Å². The Labute approximate surface area is 142 Å². The SMILES string of the molecule is CN(C[C@@H]1CCc2nc(C(F)(F)F)cn2C1)C(=O)Nc1cnn(C)c1. The molecule has 1 aliphatic rings. The van der Waals surface area contributed by atoms with E-state index in [1.807, 2.05) is 0 Å². The molecule has 1 aliphatic heterocycles. The summed E-state index contributed by atoms with van der Waals surface area (Å²) in [6, 6.07) is -0.277. The fraction of sp³-hybridized carbons (Fsp3) is 0.533. The summed E-state index contributed by atoms with van der Waals surface area (Å²) in [6.07, 6.45) is 1.01. The van der Waals surface area contributed by atoms with Gasteiger partial charge in [0, 0.05) is 46.0 Å². The maximum Gasteiger partial charge on any atom is 0.434 e. The molecule has 0 bridgehead atoms. The van der Waals surface area contributed by atoms with Crippen LogP contribution in [-0.4, -0.2) is 43.9 Å². The molecule has 7 nitrogen and oxygen atoms in total. The van der Waals surface area contributed by atoms with Crippen molar-refractivity contribution in [2.24, 2.45) is 13.0 Å². The Morgan fingerprint density at radius 2 is 2.20 bits per heavy atom. The second-order valence-electron chi connectivity index (χ2n) is 6.31. The molecule has 0 fully saturated rings. The zero-order valence-corrected chi connectivity index (χ0v) is 13.9. The number of imidazole rings is 1. The molecule has 1 N–H and O–H groups in total. The van der Waals surface area contributed by atoms with E-state index in [4.69, 9.17) is 0 Å². The molecule has 25 heavy (non-hydrogen) atoms. The third-order valence-electron chi connectivity index (χ3n) is 4.22. The maximum absolute atomic E-state index is 12.8. The first kappa shape index (κ1) is 17.3.